The lowest BCUT2D eigenvalue weighted by atomic mass is 9.75. The van der Waals surface area contributed by atoms with Crippen LogP contribution in [0.15, 0.2) is 24.3 Å². The monoisotopic (exact) mass is 264 g/mol. The number of halogens is 1. The van der Waals surface area contributed by atoms with Crippen molar-refractivity contribution in [2.75, 3.05) is 0 Å². The van der Waals surface area contributed by atoms with Crippen molar-refractivity contribution in [1.29, 1.82) is 0 Å². The van der Waals surface area contributed by atoms with Crippen LogP contribution in [0.2, 0.25) is 6.32 Å². The average molecular weight is 264 g/mol. The highest BCUT2D eigenvalue weighted by Gasteiger charge is 2.51. The van der Waals surface area contributed by atoms with Crippen molar-refractivity contribution < 1.29 is 13.7 Å². The highest BCUT2D eigenvalue weighted by molar-refractivity contribution is 6.45. The van der Waals surface area contributed by atoms with E-state index in [0.717, 1.165) is 11.9 Å². The average Bonchev–Trinajstić information content (AvgIpc) is 2.47. The summed E-state index contributed by atoms with van der Waals surface area (Å²) in [7, 11) is -0.204. The van der Waals surface area contributed by atoms with Crippen LogP contribution in [-0.4, -0.2) is 18.3 Å². The zero-order valence-corrected chi connectivity index (χ0v) is 12.4. The molecule has 1 fully saturated rings. The molecule has 0 aromatic heterocycles. The molecule has 0 bridgehead atoms. The zero-order chi connectivity index (χ0) is 14.3. The second kappa shape index (κ2) is 4.91. The molecule has 0 radical (unpaired) electrons. The third-order valence-electron chi connectivity index (χ3n) is 4.29. The molecule has 0 aliphatic carbocycles. The first kappa shape index (κ1) is 14.5. The topological polar surface area (TPSA) is 18.5 Å². The van der Waals surface area contributed by atoms with Gasteiger partial charge in [-0.15, -0.1) is 0 Å². The van der Waals surface area contributed by atoms with Crippen LogP contribution in [0.3, 0.4) is 0 Å². The van der Waals surface area contributed by atoms with Crippen LogP contribution in [0.25, 0.3) is 0 Å². The molecular weight excluding hydrogens is 242 g/mol. The van der Waals surface area contributed by atoms with E-state index in [1.54, 1.807) is 0 Å². The van der Waals surface area contributed by atoms with E-state index >= 15 is 0 Å². The molecule has 1 heterocycles. The molecule has 1 aromatic carbocycles. The van der Waals surface area contributed by atoms with Gasteiger partial charge in [0, 0.05) is 0 Å². The van der Waals surface area contributed by atoms with Gasteiger partial charge in [-0.3, -0.25) is 0 Å². The molecule has 2 nitrogen and oxygen atoms in total. The van der Waals surface area contributed by atoms with Gasteiger partial charge < -0.3 is 9.31 Å². The van der Waals surface area contributed by atoms with Crippen LogP contribution < -0.4 is 0 Å². The summed E-state index contributed by atoms with van der Waals surface area (Å²) >= 11 is 0. The van der Waals surface area contributed by atoms with Gasteiger partial charge in [-0.2, -0.15) is 0 Å². The molecule has 2 rings (SSSR count). The Hall–Kier alpha value is -0.865. The van der Waals surface area contributed by atoms with E-state index in [-0.39, 0.29) is 30.1 Å². The minimum atomic E-state index is -0.291. The van der Waals surface area contributed by atoms with Crippen LogP contribution in [0.5, 0.6) is 0 Å². The van der Waals surface area contributed by atoms with Crippen LogP contribution in [0.4, 0.5) is 4.39 Å². The van der Waals surface area contributed by atoms with Gasteiger partial charge >= 0.3 is 7.12 Å². The van der Waals surface area contributed by atoms with E-state index in [2.05, 4.69) is 34.6 Å². The number of rotatable bonds is 3. The standard InChI is InChI=1S/C15H22BFO2/c1-11(12-6-8-13(17)9-7-12)10-16-18-14(2,3)15(4,5)19-16/h6-9,11H,10H2,1-5H3. The van der Waals surface area contributed by atoms with Crippen molar-refractivity contribution >= 4 is 7.12 Å². The molecule has 1 aliphatic rings. The summed E-state index contributed by atoms with van der Waals surface area (Å²) in [5.74, 6) is 0.0712. The summed E-state index contributed by atoms with van der Waals surface area (Å²) in [4.78, 5) is 0. The molecule has 0 saturated carbocycles. The number of hydrogen-bond acceptors (Lipinski definition) is 2. The van der Waals surface area contributed by atoms with Crippen molar-refractivity contribution in [3.63, 3.8) is 0 Å². The normalized spacial score (nSPS) is 22.5. The molecule has 0 N–H and O–H groups in total. The van der Waals surface area contributed by atoms with Crippen molar-refractivity contribution in [2.24, 2.45) is 0 Å². The first-order valence-corrected chi connectivity index (χ1v) is 6.82. The van der Waals surface area contributed by atoms with Gasteiger partial charge in [-0.05, 0) is 57.6 Å². The fourth-order valence-electron chi connectivity index (χ4n) is 2.28. The zero-order valence-electron chi connectivity index (χ0n) is 12.4. The predicted octanol–water partition coefficient (Wildman–Crippen LogP) is 4.02. The molecule has 1 unspecified atom stereocenters. The summed E-state index contributed by atoms with van der Waals surface area (Å²) in [5, 5.41) is 0. The van der Waals surface area contributed by atoms with Gasteiger partial charge in [0.15, 0.2) is 0 Å². The van der Waals surface area contributed by atoms with Crippen molar-refractivity contribution in [1.82, 2.24) is 0 Å². The van der Waals surface area contributed by atoms with Crippen LogP contribution >= 0.6 is 0 Å². The Morgan fingerprint density at radius 1 is 1.05 bits per heavy atom. The SMILES string of the molecule is CC(CB1OC(C)(C)C(C)(C)O1)c1ccc(F)cc1. The molecule has 1 aliphatic heterocycles. The van der Waals surface area contributed by atoms with Gasteiger partial charge in [0.2, 0.25) is 0 Å². The molecule has 19 heavy (non-hydrogen) atoms. The smallest absolute Gasteiger partial charge is 0.403 e. The molecule has 4 heteroatoms. The summed E-state index contributed by atoms with van der Waals surface area (Å²) < 4.78 is 24.9. The Labute approximate surface area is 115 Å². The van der Waals surface area contributed by atoms with Crippen LogP contribution in [0, 0.1) is 5.82 Å². The largest absolute Gasteiger partial charge is 0.458 e. The summed E-state index contributed by atoms with van der Waals surface area (Å²) in [6.07, 6.45) is 0.776. The summed E-state index contributed by atoms with van der Waals surface area (Å²) in [6.45, 7) is 10.3. The van der Waals surface area contributed by atoms with Crippen molar-refractivity contribution in [3.8, 4) is 0 Å². The Balaban J connectivity index is 2.01. The first-order chi connectivity index (χ1) is 8.71. The molecule has 104 valence electrons. The predicted molar refractivity (Wildman–Crippen MR) is 75.7 cm³/mol. The second-order valence-corrected chi connectivity index (χ2v) is 6.37. The van der Waals surface area contributed by atoms with Crippen LogP contribution in [0.1, 0.15) is 46.1 Å². The van der Waals surface area contributed by atoms with E-state index in [1.807, 2.05) is 12.1 Å². The van der Waals surface area contributed by atoms with Gasteiger partial charge in [-0.25, -0.2) is 4.39 Å². The minimum Gasteiger partial charge on any atom is -0.403 e. The minimum absolute atomic E-state index is 0.202. The fourth-order valence-corrected chi connectivity index (χ4v) is 2.28. The molecule has 1 aromatic rings. The van der Waals surface area contributed by atoms with E-state index in [9.17, 15) is 4.39 Å². The van der Waals surface area contributed by atoms with Crippen molar-refractivity contribution in [2.45, 2.75) is 58.1 Å². The molecule has 0 amide bonds. The Morgan fingerprint density at radius 2 is 1.53 bits per heavy atom. The maximum atomic E-state index is 12.9. The van der Waals surface area contributed by atoms with Crippen molar-refractivity contribution in [3.05, 3.63) is 35.6 Å². The van der Waals surface area contributed by atoms with Crippen LogP contribution in [-0.2, 0) is 9.31 Å². The van der Waals surface area contributed by atoms with E-state index in [0.29, 0.717) is 0 Å². The van der Waals surface area contributed by atoms with E-state index < -0.39 is 0 Å². The Kier molecular flexibility index (Phi) is 3.76. The summed E-state index contributed by atoms with van der Waals surface area (Å²) in [6, 6.07) is 6.64. The maximum absolute atomic E-state index is 12.9. The second-order valence-electron chi connectivity index (χ2n) is 6.37. The summed E-state index contributed by atoms with van der Waals surface area (Å²) in [5.41, 5.74) is 0.525. The first-order valence-electron chi connectivity index (χ1n) is 6.82. The molecular formula is C15H22BFO2. The quantitative estimate of drug-likeness (QED) is 0.767. The number of hydrogen-bond donors (Lipinski definition) is 0. The van der Waals surface area contributed by atoms with E-state index in [1.165, 1.54) is 12.1 Å². The van der Waals surface area contributed by atoms with Gasteiger partial charge in [0.05, 0.1) is 11.2 Å². The Bertz CT molecular complexity index is 426. The lowest BCUT2D eigenvalue weighted by Gasteiger charge is -2.32. The molecule has 1 saturated heterocycles. The fraction of sp³-hybridized carbons (Fsp3) is 0.600. The van der Waals surface area contributed by atoms with Gasteiger partial charge in [0.1, 0.15) is 5.82 Å². The van der Waals surface area contributed by atoms with Gasteiger partial charge in [-0.1, -0.05) is 19.1 Å². The lowest BCUT2D eigenvalue weighted by molar-refractivity contribution is 0.00578. The molecule has 1 atom stereocenters. The highest BCUT2D eigenvalue weighted by atomic mass is 19.1. The highest BCUT2D eigenvalue weighted by Crippen LogP contribution is 2.39. The maximum Gasteiger partial charge on any atom is 0.458 e. The van der Waals surface area contributed by atoms with Gasteiger partial charge in [0.25, 0.3) is 0 Å². The lowest BCUT2D eigenvalue weighted by Crippen LogP contribution is -2.41. The van der Waals surface area contributed by atoms with E-state index in [4.69, 9.17) is 9.31 Å². The third kappa shape index (κ3) is 3.01. The number of benzene rings is 1. The third-order valence-corrected chi connectivity index (χ3v) is 4.29. The Morgan fingerprint density at radius 3 is 2.00 bits per heavy atom. The molecule has 0 spiro atoms.